The molecule has 0 aliphatic carbocycles. The normalized spacial score (nSPS) is 11.4. The van der Waals surface area contributed by atoms with Crippen LogP contribution in [0.25, 0.3) is 0 Å². The van der Waals surface area contributed by atoms with Crippen molar-refractivity contribution >= 4 is 23.5 Å². The molecule has 0 bridgehead atoms. The van der Waals surface area contributed by atoms with Gasteiger partial charge >= 0.3 is 0 Å². The van der Waals surface area contributed by atoms with Gasteiger partial charge in [0.05, 0.1) is 0 Å². The molecular formula is C14H22S2. The van der Waals surface area contributed by atoms with E-state index in [2.05, 4.69) is 50.6 Å². The second-order valence-electron chi connectivity index (χ2n) is 4.39. The maximum atomic E-state index is 2.31. The summed E-state index contributed by atoms with van der Waals surface area (Å²) in [7, 11) is 0. The minimum absolute atomic E-state index is 0.627. The van der Waals surface area contributed by atoms with Gasteiger partial charge in [-0.05, 0) is 29.6 Å². The summed E-state index contributed by atoms with van der Waals surface area (Å²) in [5.41, 5.74) is 3.08. The highest BCUT2D eigenvalue weighted by Gasteiger charge is 2.15. The quantitative estimate of drug-likeness (QED) is 0.726. The molecular weight excluding hydrogens is 232 g/mol. The number of hydrogen-bond donors (Lipinski definition) is 0. The van der Waals surface area contributed by atoms with Crippen molar-refractivity contribution in [1.29, 1.82) is 0 Å². The molecule has 0 saturated carbocycles. The smallest absolute Gasteiger partial charge is 0.00224 e. The van der Waals surface area contributed by atoms with Gasteiger partial charge in [-0.2, -0.15) is 23.5 Å². The SMILES string of the molecule is CSCC(CSC)c1ccccc1C(C)C. The first-order valence-electron chi connectivity index (χ1n) is 5.77. The van der Waals surface area contributed by atoms with Crippen molar-refractivity contribution in [3.05, 3.63) is 35.4 Å². The molecule has 0 saturated heterocycles. The van der Waals surface area contributed by atoms with Crippen molar-refractivity contribution in [1.82, 2.24) is 0 Å². The highest BCUT2D eigenvalue weighted by molar-refractivity contribution is 7.99. The lowest BCUT2D eigenvalue weighted by Crippen LogP contribution is -2.09. The number of thioether (sulfide) groups is 2. The van der Waals surface area contributed by atoms with Crippen LogP contribution in [-0.2, 0) is 0 Å². The second kappa shape index (κ2) is 7.29. The van der Waals surface area contributed by atoms with E-state index in [1.165, 1.54) is 17.1 Å². The topological polar surface area (TPSA) is 0 Å². The Balaban J connectivity index is 2.97. The number of rotatable bonds is 6. The Bertz CT molecular complexity index is 301. The first-order chi connectivity index (χ1) is 7.70. The van der Waals surface area contributed by atoms with E-state index in [0.29, 0.717) is 11.8 Å². The van der Waals surface area contributed by atoms with E-state index in [-0.39, 0.29) is 0 Å². The maximum absolute atomic E-state index is 2.31. The summed E-state index contributed by atoms with van der Waals surface area (Å²) < 4.78 is 0. The van der Waals surface area contributed by atoms with E-state index in [9.17, 15) is 0 Å². The lowest BCUT2D eigenvalue weighted by Gasteiger charge is -2.20. The van der Waals surface area contributed by atoms with E-state index in [1.807, 2.05) is 23.5 Å². The van der Waals surface area contributed by atoms with E-state index in [0.717, 1.165) is 0 Å². The average Bonchev–Trinajstić information content (AvgIpc) is 2.29. The largest absolute Gasteiger partial charge is 0.165 e. The molecule has 0 atom stereocenters. The predicted octanol–water partition coefficient (Wildman–Crippen LogP) is 4.62. The molecule has 0 heterocycles. The Morgan fingerprint density at radius 3 is 1.88 bits per heavy atom. The minimum Gasteiger partial charge on any atom is -0.165 e. The molecule has 0 N–H and O–H groups in total. The third-order valence-electron chi connectivity index (χ3n) is 2.79. The molecule has 0 unspecified atom stereocenters. The molecule has 0 aliphatic heterocycles. The van der Waals surface area contributed by atoms with Crippen LogP contribution in [-0.4, -0.2) is 24.0 Å². The van der Waals surface area contributed by atoms with Gasteiger partial charge in [0, 0.05) is 17.4 Å². The summed E-state index contributed by atoms with van der Waals surface area (Å²) >= 11 is 3.90. The van der Waals surface area contributed by atoms with E-state index >= 15 is 0 Å². The fourth-order valence-corrected chi connectivity index (χ4v) is 3.59. The maximum Gasteiger partial charge on any atom is 0.00224 e. The van der Waals surface area contributed by atoms with Gasteiger partial charge in [-0.15, -0.1) is 0 Å². The summed E-state index contributed by atoms with van der Waals surface area (Å²) in [6.07, 6.45) is 4.40. The van der Waals surface area contributed by atoms with Crippen LogP contribution in [0.5, 0.6) is 0 Å². The molecule has 0 spiro atoms. The molecule has 0 radical (unpaired) electrons. The van der Waals surface area contributed by atoms with Gasteiger partial charge in [-0.3, -0.25) is 0 Å². The van der Waals surface area contributed by atoms with E-state index in [4.69, 9.17) is 0 Å². The van der Waals surface area contributed by atoms with Crippen LogP contribution in [0, 0.1) is 0 Å². The Morgan fingerprint density at radius 1 is 0.938 bits per heavy atom. The number of hydrogen-bond acceptors (Lipinski definition) is 2. The molecule has 16 heavy (non-hydrogen) atoms. The fourth-order valence-electron chi connectivity index (χ4n) is 2.04. The zero-order chi connectivity index (χ0) is 12.0. The van der Waals surface area contributed by atoms with Crippen LogP contribution >= 0.6 is 23.5 Å². The molecule has 0 nitrogen and oxygen atoms in total. The van der Waals surface area contributed by atoms with Crippen LogP contribution in [0.4, 0.5) is 0 Å². The summed E-state index contributed by atoms with van der Waals surface area (Å²) in [6, 6.07) is 8.93. The van der Waals surface area contributed by atoms with Gasteiger partial charge in [0.2, 0.25) is 0 Å². The summed E-state index contributed by atoms with van der Waals surface area (Å²) in [4.78, 5) is 0. The van der Waals surface area contributed by atoms with Crippen LogP contribution in [0.15, 0.2) is 24.3 Å². The van der Waals surface area contributed by atoms with Crippen LogP contribution in [0.3, 0.4) is 0 Å². The Morgan fingerprint density at radius 2 is 1.44 bits per heavy atom. The van der Waals surface area contributed by atoms with Crippen molar-refractivity contribution in [3.8, 4) is 0 Å². The molecule has 1 aromatic carbocycles. The lowest BCUT2D eigenvalue weighted by atomic mass is 9.91. The first kappa shape index (κ1) is 14.0. The highest BCUT2D eigenvalue weighted by Crippen LogP contribution is 2.30. The highest BCUT2D eigenvalue weighted by atomic mass is 32.2. The van der Waals surface area contributed by atoms with Crippen molar-refractivity contribution in [2.45, 2.75) is 25.7 Å². The lowest BCUT2D eigenvalue weighted by molar-refractivity contribution is 0.803. The van der Waals surface area contributed by atoms with Gasteiger partial charge < -0.3 is 0 Å². The van der Waals surface area contributed by atoms with Gasteiger partial charge in [-0.1, -0.05) is 38.1 Å². The van der Waals surface area contributed by atoms with Crippen molar-refractivity contribution in [2.24, 2.45) is 0 Å². The molecule has 0 aromatic heterocycles. The van der Waals surface area contributed by atoms with Crippen molar-refractivity contribution < 1.29 is 0 Å². The minimum atomic E-state index is 0.627. The van der Waals surface area contributed by atoms with Crippen molar-refractivity contribution in [3.63, 3.8) is 0 Å². The third-order valence-corrected chi connectivity index (χ3v) is 4.26. The molecule has 90 valence electrons. The van der Waals surface area contributed by atoms with Gasteiger partial charge in [0.25, 0.3) is 0 Å². The first-order valence-corrected chi connectivity index (χ1v) is 8.56. The van der Waals surface area contributed by atoms with Crippen LogP contribution < -0.4 is 0 Å². The Kier molecular flexibility index (Phi) is 6.37. The molecule has 0 amide bonds. The third kappa shape index (κ3) is 3.74. The predicted molar refractivity (Wildman–Crippen MR) is 80.0 cm³/mol. The molecule has 0 fully saturated rings. The average molecular weight is 254 g/mol. The van der Waals surface area contributed by atoms with Crippen LogP contribution in [0.1, 0.15) is 36.8 Å². The van der Waals surface area contributed by atoms with E-state index in [1.54, 1.807) is 5.56 Å². The monoisotopic (exact) mass is 254 g/mol. The summed E-state index contributed by atoms with van der Waals surface area (Å²) in [6.45, 7) is 4.57. The standard InChI is InChI=1S/C14H22S2/c1-11(2)13-7-5-6-8-14(13)12(9-15-3)10-16-4/h5-8,11-12H,9-10H2,1-4H3. The van der Waals surface area contributed by atoms with Crippen LogP contribution in [0.2, 0.25) is 0 Å². The number of benzene rings is 1. The summed E-state index contributed by atoms with van der Waals surface area (Å²) in [5.74, 6) is 3.78. The molecule has 1 rings (SSSR count). The second-order valence-corrected chi connectivity index (χ2v) is 6.21. The molecule has 1 aromatic rings. The van der Waals surface area contributed by atoms with Gasteiger partial charge in [0.1, 0.15) is 0 Å². The molecule has 0 aliphatic rings. The Labute approximate surface area is 109 Å². The Hall–Kier alpha value is -0.0800. The van der Waals surface area contributed by atoms with Gasteiger partial charge in [0.15, 0.2) is 0 Å². The molecule has 2 heteroatoms. The van der Waals surface area contributed by atoms with Crippen molar-refractivity contribution in [2.75, 3.05) is 24.0 Å². The van der Waals surface area contributed by atoms with Gasteiger partial charge in [-0.25, -0.2) is 0 Å². The summed E-state index contributed by atoms with van der Waals surface area (Å²) in [5, 5.41) is 0. The zero-order valence-electron chi connectivity index (χ0n) is 10.7. The zero-order valence-corrected chi connectivity index (χ0v) is 12.3. The van der Waals surface area contributed by atoms with E-state index < -0.39 is 0 Å². The fraction of sp³-hybridized carbons (Fsp3) is 0.571.